The molecule has 1 unspecified atom stereocenters. The molecule has 2 rings (SSSR count). The van der Waals surface area contributed by atoms with Gasteiger partial charge in [-0.25, -0.2) is 0 Å². The number of hydrogen-bond donors (Lipinski definition) is 1. The number of alkyl halides is 3. The van der Waals surface area contributed by atoms with Gasteiger partial charge in [0.1, 0.15) is 5.75 Å². The largest absolute Gasteiger partial charge is 0.573 e. The summed E-state index contributed by atoms with van der Waals surface area (Å²) in [6.07, 6.45) is -2.44. The highest BCUT2D eigenvalue weighted by atomic mass is 19.4. The lowest BCUT2D eigenvalue weighted by molar-refractivity contribution is -0.274. The third kappa shape index (κ3) is 5.12. The molecule has 1 aromatic rings. The van der Waals surface area contributed by atoms with Crippen LogP contribution in [0.25, 0.3) is 0 Å². The minimum atomic E-state index is -4.64. The minimum Gasteiger partial charge on any atom is -0.406 e. The van der Waals surface area contributed by atoms with Crippen molar-refractivity contribution >= 4 is 5.69 Å². The predicted octanol–water partition coefficient (Wildman–Crippen LogP) is 3.55. The fraction of sp³-hybridized carbons (Fsp3) is 0.600. The second-order valence-electron chi connectivity index (χ2n) is 5.65. The first kappa shape index (κ1) is 15.9. The van der Waals surface area contributed by atoms with E-state index in [1.165, 1.54) is 12.1 Å². The van der Waals surface area contributed by atoms with Crippen molar-refractivity contribution in [2.24, 2.45) is 0 Å². The van der Waals surface area contributed by atoms with E-state index in [4.69, 9.17) is 0 Å². The summed E-state index contributed by atoms with van der Waals surface area (Å²) in [5.41, 5.74) is 0.930. The third-order valence-electron chi connectivity index (χ3n) is 3.43. The number of anilines is 1. The molecule has 21 heavy (non-hydrogen) atoms. The van der Waals surface area contributed by atoms with Gasteiger partial charge in [-0.15, -0.1) is 13.2 Å². The van der Waals surface area contributed by atoms with Crippen LogP contribution in [0.1, 0.15) is 26.7 Å². The van der Waals surface area contributed by atoms with Crippen molar-refractivity contribution in [2.45, 2.75) is 45.1 Å². The molecule has 0 aromatic heterocycles. The molecule has 1 aromatic carbocycles. The van der Waals surface area contributed by atoms with Crippen LogP contribution in [-0.4, -0.2) is 31.5 Å². The Morgan fingerprint density at radius 1 is 1.24 bits per heavy atom. The Morgan fingerprint density at radius 2 is 1.90 bits per heavy atom. The summed E-state index contributed by atoms with van der Waals surface area (Å²) in [4.78, 5) is 2.20. The fourth-order valence-electron chi connectivity index (χ4n) is 2.68. The van der Waals surface area contributed by atoms with E-state index >= 15 is 0 Å². The maximum absolute atomic E-state index is 12.1. The van der Waals surface area contributed by atoms with E-state index in [9.17, 15) is 13.2 Å². The van der Waals surface area contributed by atoms with E-state index in [-0.39, 0.29) is 5.75 Å². The van der Waals surface area contributed by atoms with Gasteiger partial charge in [0.05, 0.1) is 0 Å². The Kier molecular flexibility index (Phi) is 4.98. The average Bonchev–Trinajstić information content (AvgIpc) is 2.37. The van der Waals surface area contributed by atoms with E-state index in [0.717, 1.165) is 31.6 Å². The lowest BCUT2D eigenvalue weighted by Gasteiger charge is -2.35. The maximum Gasteiger partial charge on any atom is 0.573 e. The average molecular weight is 302 g/mol. The Morgan fingerprint density at radius 3 is 2.48 bits per heavy atom. The second-order valence-corrected chi connectivity index (χ2v) is 5.65. The van der Waals surface area contributed by atoms with Crippen LogP contribution in [0.2, 0.25) is 0 Å². The summed E-state index contributed by atoms with van der Waals surface area (Å²) in [7, 11) is 0. The van der Waals surface area contributed by atoms with Gasteiger partial charge in [0.25, 0.3) is 0 Å². The number of piperidine rings is 1. The normalized spacial score (nSPS) is 19.9. The Balaban J connectivity index is 1.98. The molecule has 1 fully saturated rings. The van der Waals surface area contributed by atoms with Crippen LogP contribution in [0.3, 0.4) is 0 Å². The lowest BCUT2D eigenvalue weighted by Crippen LogP contribution is -2.47. The van der Waals surface area contributed by atoms with Crippen molar-refractivity contribution in [3.63, 3.8) is 0 Å². The summed E-state index contributed by atoms with van der Waals surface area (Å²) in [5, 5.41) is 3.51. The Hall–Kier alpha value is -1.43. The molecule has 0 amide bonds. The van der Waals surface area contributed by atoms with Crippen LogP contribution < -0.4 is 15.0 Å². The van der Waals surface area contributed by atoms with Gasteiger partial charge in [-0.1, -0.05) is 13.8 Å². The van der Waals surface area contributed by atoms with Gasteiger partial charge in [-0.05, 0) is 37.1 Å². The molecule has 1 aliphatic heterocycles. The van der Waals surface area contributed by atoms with Crippen LogP contribution in [0.4, 0.5) is 18.9 Å². The van der Waals surface area contributed by atoms with Crippen molar-refractivity contribution in [1.82, 2.24) is 5.32 Å². The molecule has 1 atom stereocenters. The van der Waals surface area contributed by atoms with Crippen molar-refractivity contribution in [3.05, 3.63) is 24.3 Å². The van der Waals surface area contributed by atoms with Gasteiger partial charge in [0.15, 0.2) is 0 Å². The Bertz CT molecular complexity index is 445. The molecule has 0 bridgehead atoms. The molecule has 0 saturated carbocycles. The van der Waals surface area contributed by atoms with Crippen LogP contribution in [-0.2, 0) is 0 Å². The number of hydrogen-bond acceptors (Lipinski definition) is 3. The summed E-state index contributed by atoms with van der Waals surface area (Å²) in [6, 6.07) is 6.94. The molecule has 3 nitrogen and oxygen atoms in total. The SMILES string of the molecule is CC(C)NC1CCCN(c2ccc(OC(F)(F)F)cc2)C1. The molecule has 118 valence electrons. The fourth-order valence-corrected chi connectivity index (χ4v) is 2.68. The maximum atomic E-state index is 12.1. The summed E-state index contributed by atoms with van der Waals surface area (Å²) in [5.74, 6) is -0.180. The zero-order valence-electron chi connectivity index (χ0n) is 12.3. The molecule has 1 aliphatic rings. The number of benzene rings is 1. The first-order chi connectivity index (χ1) is 9.83. The van der Waals surface area contributed by atoms with E-state index in [2.05, 4.69) is 28.8 Å². The van der Waals surface area contributed by atoms with Gasteiger partial charge in [-0.3, -0.25) is 0 Å². The first-order valence-electron chi connectivity index (χ1n) is 7.20. The number of halogens is 3. The smallest absolute Gasteiger partial charge is 0.406 e. The molecular weight excluding hydrogens is 281 g/mol. The number of ether oxygens (including phenoxy) is 1. The summed E-state index contributed by atoms with van der Waals surface area (Å²) >= 11 is 0. The van der Waals surface area contributed by atoms with Crippen LogP contribution in [0, 0.1) is 0 Å². The number of rotatable bonds is 4. The molecule has 0 radical (unpaired) electrons. The van der Waals surface area contributed by atoms with Crippen molar-refractivity contribution in [1.29, 1.82) is 0 Å². The van der Waals surface area contributed by atoms with E-state index in [1.807, 2.05) is 0 Å². The van der Waals surface area contributed by atoms with Gasteiger partial charge < -0.3 is 15.0 Å². The van der Waals surface area contributed by atoms with Crippen molar-refractivity contribution in [2.75, 3.05) is 18.0 Å². The quantitative estimate of drug-likeness (QED) is 0.920. The van der Waals surface area contributed by atoms with E-state index < -0.39 is 6.36 Å². The van der Waals surface area contributed by atoms with Crippen LogP contribution in [0.15, 0.2) is 24.3 Å². The van der Waals surface area contributed by atoms with E-state index in [1.54, 1.807) is 12.1 Å². The molecule has 0 aliphatic carbocycles. The highest BCUT2D eigenvalue weighted by molar-refractivity contribution is 5.49. The third-order valence-corrected chi connectivity index (χ3v) is 3.43. The van der Waals surface area contributed by atoms with Crippen molar-refractivity contribution < 1.29 is 17.9 Å². The molecular formula is C15H21F3N2O. The molecule has 1 N–H and O–H groups in total. The van der Waals surface area contributed by atoms with Crippen molar-refractivity contribution in [3.8, 4) is 5.75 Å². The standard InChI is InChI=1S/C15H21F3N2O/c1-11(2)19-12-4-3-9-20(10-12)13-5-7-14(8-6-13)21-15(16,17)18/h5-8,11-12,19H,3-4,9-10H2,1-2H3. The van der Waals surface area contributed by atoms with Gasteiger partial charge in [0.2, 0.25) is 0 Å². The topological polar surface area (TPSA) is 24.5 Å². The van der Waals surface area contributed by atoms with Crippen LogP contribution >= 0.6 is 0 Å². The molecule has 6 heteroatoms. The zero-order chi connectivity index (χ0) is 15.5. The monoisotopic (exact) mass is 302 g/mol. The molecule has 1 heterocycles. The predicted molar refractivity (Wildman–Crippen MR) is 76.6 cm³/mol. The Labute approximate surface area is 123 Å². The van der Waals surface area contributed by atoms with Gasteiger partial charge >= 0.3 is 6.36 Å². The minimum absolute atomic E-state index is 0.180. The number of nitrogens with one attached hydrogen (secondary N) is 1. The highest BCUT2D eigenvalue weighted by Gasteiger charge is 2.31. The summed E-state index contributed by atoms with van der Waals surface area (Å²) < 4.78 is 40.3. The number of nitrogens with zero attached hydrogens (tertiary/aromatic N) is 1. The van der Waals surface area contributed by atoms with E-state index in [0.29, 0.717) is 12.1 Å². The van der Waals surface area contributed by atoms with Gasteiger partial charge in [-0.2, -0.15) is 0 Å². The summed E-state index contributed by atoms with van der Waals surface area (Å²) in [6.45, 7) is 6.03. The van der Waals surface area contributed by atoms with Crippen LogP contribution in [0.5, 0.6) is 5.75 Å². The molecule has 0 spiro atoms. The first-order valence-corrected chi connectivity index (χ1v) is 7.20. The second kappa shape index (κ2) is 6.56. The highest BCUT2D eigenvalue weighted by Crippen LogP contribution is 2.26. The molecule has 1 saturated heterocycles. The zero-order valence-corrected chi connectivity index (χ0v) is 12.3. The van der Waals surface area contributed by atoms with Gasteiger partial charge in [0, 0.05) is 30.9 Å². The lowest BCUT2D eigenvalue weighted by atomic mass is 10.0.